The van der Waals surface area contributed by atoms with Crippen LogP contribution in [0.2, 0.25) is 0 Å². The Hall–Kier alpha value is -0.120. The predicted octanol–water partition coefficient (Wildman–Crippen LogP) is 1.01. The zero-order chi connectivity index (χ0) is 11.6. The Labute approximate surface area is 94.8 Å². The van der Waals surface area contributed by atoms with Gasteiger partial charge in [0.15, 0.2) is 0 Å². The molecule has 1 saturated heterocycles. The van der Waals surface area contributed by atoms with E-state index in [4.69, 9.17) is 0 Å². The number of likely N-dealkylation sites (N-methyl/N-ethyl adjacent to an activating group) is 2. The third-order valence-corrected chi connectivity index (χ3v) is 3.27. The van der Waals surface area contributed by atoms with Crippen molar-refractivity contribution in [1.82, 2.24) is 15.1 Å². The fourth-order valence-electron chi connectivity index (χ4n) is 3.27. The molecule has 1 rings (SSSR count). The zero-order valence-electron chi connectivity index (χ0n) is 11.2. The summed E-state index contributed by atoms with van der Waals surface area (Å²) in [7, 11) is 4.27. The number of nitrogens with zero attached hydrogens (tertiary/aromatic N) is 2. The number of hydrogen-bond acceptors (Lipinski definition) is 3. The summed E-state index contributed by atoms with van der Waals surface area (Å²) in [5.74, 6) is 0. The van der Waals surface area contributed by atoms with Gasteiger partial charge in [0.05, 0.1) is 0 Å². The average Bonchev–Trinajstić information content (AvgIpc) is 1.99. The van der Waals surface area contributed by atoms with E-state index in [1.54, 1.807) is 0 Å². The SMILES string of the molecule is CNCC1CN(C)CC(C)(C)N1C(C)C. The number of piperazine rings is 1. The molecule has 90 valence electrons. The van der Waals surface area contributed by atoms with Crippen molar-refractivity contribution in [1.29, 1.82) is 0 Å². The summed E-state index contributed by atoms with van der Waals surface area (Å²) < 4.78 is 0. The highest BCUT2D eigenvalue weighted by Crippen LogP contribution is 2.26. The quantitative estimate of drug-likeness (QED) is 0.755. The minimum absolute atomic E-state index is 0.280. The first-order valence-electron chi connectivity index (χ1n) is 6.00. The van der Waals surface area contributed by atoms with E-state index in [0.29, 0.717) is 12.1 Å². The van der Waals surface area contributed by atoms with Gasteiger partial charge in [0.1, 0.15) is 0 Å². The molecule has 1 unspecified atom stereocenters. The van der Waals surface area contributed by atoms with Gasteiger partial charge in [-0.2, -0.15) is 0 Å². The third kappa shape index (κ3) is 2.92. The Morgan fingerprint density at radius 1 is 1.40 bits per heavy atom. The molecule has 0 bridgehead atoms. The van der Waals surface area contributed by atoms with E-state index in [2.05, 4.69) is 49.9 Å². The van der Waals surface area contributed by atoms with Crippen molar-refractivity contribution in [3.63, 3.8) is 0 Å². The fourth-order valence-corrected chi connectivity index (χ4v) is 3.27. The third-order valence-electron chi connectivity index (χ3n) is 3.27. The monoisotopic (exact) mass is 213 g/mol. The van der Waals surface area contributed by atoms with Crippen molar-refractivity contribution in [2.75, 3.05) is 33.7 Å². The highest BCUT2D eigenvalue weighted by atomic mass is 15.3. The van der Waals surface area contributed by atoms with Crippen LogP contribution in [0.1, 0.15) is 27.7 Å². The minimum atomic E-state index is 0.280. The topological polar surface area (TPSA) is 18.5 Å². The smallest absolute Gasteiger partial charge is 0.0356 e. The Morgan fingerprint density at radius 3 is 2.47 bits per heavy atom. The minimum Gasteiger partial charge on any atom is -0.318 e. The first-order chi connectivity index (χ1) is 6.88. The lowest BCUT2D eigenvalue weighted by Gasteiger charge is -2.53. The van der Waals surface area contributed by atoms with Crippen LogP contribution in [0.25, 0.3) is 0 Å². The maximum atomic E-state index is 3.31. The molecule has 0 aromatic carbocycles. The fraction of sp³-hybridized carbons (Fsp3) is 1.00. The number of hydrogen-bond donors (Lipinski definition) is 1. The van der Waals surface area contributed by atoms with E-state index in [1.807, 2.05) is 7.05 Å². The van der Waals surface area contributed by atoms with Gasteiger partial charge in [0.25, 0.3) is 0 Å². The molecule has 1 atom stereocenters. The van der Waals surface area contributed by atoms with Crippen LogP contribution >= 0.6 is 0 Å². The maximum absolute atomic E-state index is 3.31. The molecule has 1 N–H and O–H groups in total. The first kappa shape index (κ1) is 12.9. The van der Waals surface area contributed by atoms with E-state index in [0.717, 1.165) is 13.1 Å². The Morgan fingerprint density at radius 2 is 2.00 bits per heavy atom. The van der Waals surface area contributed by atoms with Crippen molar-refractivity contribution in [2.45, 2.75) is 45.3 Å². The van der Waals surface area contributed by atoms with Crippen molar-refractivity contribution in [2.24, 2.45) is 0 Å². The second kappa shape index (κ2) is 4.81. The highest BCUT2D eigenvalue weighted by Gasteiger charge is 2.39. The zero-order valence-corrected chi connectivity index (χ0v) is 11.2. The van der Waals surface area contributed by atoms with Gasteiger partial charge in [0.2, 0.25) is 0 Å². The molecule has 0 aromatic rings. The second-order valence-corrected chi connectivity index (χ2v) is 5.72. The summed E-state index contributed by atoms with van der Waals surface area (Å²) in [4.78, 5) is 5.10. The standard InChI is InChI=1S/C12H27N3/c1-10(2)15-11(7-13-5)8-14(6)9-12(15,3)4/h10-11,13H,7-9H2,1-6H3. The molecule has 15 heavy (non-hydrogen) atoms. The molecule has 0 spiro atoms. The molecule has 1 aliphatic rings. The summed E-state index contributed by atoms with van der Waals surface area (Å²) in [5.41, 5.74) is 0.280. The molecule has 0 aliphatic carbocycles. The van der Waals surface area contributed by atoms with Gasteiger partial charge < -0.3 is 10.2 Å². The van der Waals surface area contributed by atoms with Gasteiger partial charge in [-0.05, 0) is 41.8 Å². The molecule has 1 fully saturated rings. The second-order valence-electron chi connectivity index (χ2n) is 5.72. The van der Waals surface area contributed by atoms with Crippen LogP contribution in [0.15, 0.2) is 0 Å². The molecular weight excluding hydrogens is 186 g/mol. The Balaban J connectivity index is 2.82. The van der Waals surface area contributed by atoms with Crippen LogP contribution in [0.5, 0.6) is 0 Å². The number of nitrogens with one attached hydrogen (secondary N) is 1. The van der Waals surface area contributed by atoms with Crippen LogP contribution in [0.4, 0.5) is 0 Å². The van der Waals surface area contributed by atoms with Gasteiger partial charge in [-0.25, -0.2) is 0 Å². The van der Waals surface area contributed by atoms with Crippen molar-refractivity contribution >= 4 is 0 Å². The number of rotatable bonds is 3. The molecule has 0 amide bonds. The summed E-state index contributed by atoms with van der Waals surface area (Å²) >= 11 is 0. The average molecular weight is 213 g/mol. The summed E-state index contributed by atoms with van der Waals surface area (Å²) in [5, 5.41) is 3.31. The first-order valence-corrected chi connectivity index (χ1v) is 6.00. The van der Waals surface area contributed by atoms with Crippen molar-refractivity contribution in [3.05, 3.63) is 0 Å². The molecule has 0 aromatic heterocycles. The van der Waals surface area contributed by atoms with Crippen LogP contribution in [0.3, 0.4) is 0 Å². The van der Waals surface area contributed by atoms with Gasteiger partial charge in [-0.1, -0.05) is 0 Å². The van der Waals surface area contributed by atoms with Crippen LogP contribution < -0.4 is 5.32 Å². The lowest BCUT2D eigenvalue weighted by molar-refractivity contribution is -0.0360. The van der Waals surface area contributed by atoms with E-state index in [-0.39, 0.29) is 5.54 Å². The predicted molar refractivity (Wildman–Crippen MR) is 66.3 cm³/mol. The molecule has 1 heterocycles. The Kier molecular flexibility index (Phi) is 4.15. The maximum Gasteiger partial charge on any atom is 0.0356 e. The summed E-state index contributed by atoms with van der Waals surface area (Å²) in [6.07, 6.45) is 0. The van der Waals surface area contributed by atoms with E-state index < -0.39 is 0 Å². The lowest BCUT2D eigenvalue weighted by Crippen LogP contribution is -2.66. The molecule has 3 heteroatoms. The van der Waals surface area contributed by atoms with Gasteiger partial charge in [-0.3, -0.25) is 4.90 Å². The highest BCUT2D eigenvalue weighted by molar-refractivity contribution is 4.96. The normalized spacial score (nSPS) is 28.6. The van der Waals surface area contributed by atoms with Gasteiger partial charge in [-0.15, -0.1) is 0 Å². The van der Waals surface area contributed by atoms with E-state index >= 15 is 0 Å². The molecule has 0 radical (unpaired) electrons. The van der Waals surface area contributed by atoms with Crippen molar-refractivity contribution < 1.29 is 0 Å². The van der Waals surface area contributed by atoms with E-state index in [1.165, 1.54) is 6.54 Å². The van der Waals surface area contributed by atoms with E-state index in [9.17, 15) is 0 Å². The van der Waals surface area contributed by atoms with Crippen LogP contribution in [-0.2, 0) is 0 Å². The van der Waals surface area contributed by atoms with Gasteiger partial charge >= 0.3 is 0 Å². The Bertz CT molecular complexity index is 201. The van der Waals surface area contributed by atoms with Gasteiger partial charge in [0, 0.05) is 37.3 Å². The molecule has 0 saturated carbocycles. The lowest BCUT2D eigenvalue weighted by atomic mass is 9.93. The molecule has 1 aliphatic heterocycles. The van der Waals surface area contributed by atoms with Crippen molar-refractivity contribution in [3.8, 4) is 0 Å². The van der Waals surface area contributed by atoms with Crippen LogP contribution in [-0.4, -0.2) is 61.2 Å². The molecule has 3 nitrogen and oxygen atoms in total. The largest absolute Gasteiger partial charge is 0.318 e. The summed E-state index contributed by atoms with van der Waals surface area (Å²) in [6, 6.07) is 1.25. The molecular formula is C12H27N3. The summed E-state index contributed by atoms with van der Waals surface area (Å²) in [6.45, 7) is 12.7. The van der Waals surface area contributed by atoms with Crippen LogP contribution in [0, 0.1) is 0 Å².